The number of benzene rings is 1. The van der Waals surface area contributed by atoms with E-state index in [-0.39, 0.29) is 11.0 Å². The molecule has 0 unspecified atom stereocenters. The zero-order chi connectivity index (χ0) is 14.4. The van der Waals surface area contributed by atoms with E-state index < -0.39 is 18.8 Å². The van der Waals surface area contributed by atoms with Crippen molar-refractivity contribution in [1.29, 1.82) is 0 Å². The molecule has 2 N–H and O–H groups in total. The summed E-state index contributed by atoms with van der Waals surface area (Å²) in [6, 6.07) is 4.06. The molecule has 6 heteroatoms. The third-order valence-electron chi connectivity index (χ3n) is 2.81. The Morgan fingerprint density at radius 3 is 2.32 bits per heavy atom. The number of carbonyl (C=O) groups excluding carboxylic acids is 1. The smallest absolute Gasteiger partial charge is 0.423 e. The fraction of sp³-hybridized carbons (Fsp3) is 0.462. The molecule has 0 aliphatic carbocycles. The predicted octanol–water partition coefficient (Wildman–Crippen LogP) is 0.768. The Kier molecular flexibility index (Phi) is 5.98. The van der Waals surface area contributed by atoms with E-state index in [2.05, 4.69) is 0 Å². The Balaban J connectivity index is 3.07. The van der Waals surface area contributed by atoms with E-state index >= 15 is 0 Å². The van der Waals surface area contributed by atoms with E-state index in [1.807, 2.05) is 13.8 Å². The van der Waals surface area contributed by atoms with Crippen LogP contribution >= 0.6 is 0 Å². The Labute approximate surface area is 113 Å². The molecular formula is C13H19BFNO3. The summed E-state index contributed by atoms with van der Waals surface area (Å²) in [6.45, 7) is 5.00. The SMILES string of the molecule is CCCN(CCC)C(=O)c1cccc(B(O)O)c1F. The fourth-order valence-electron chi connectivity index (χ4n) is 1.94. The minimum atomic E-state index is -1.92. The van der Waals surface area contributed by atoms with E-state index in [4.69, 9.17) is 10.0 Å². The molecule has 1 rings (SSSR count). The summed E-state index contributed by atoms with van der Waals surface area (Å²) in [5.41, 5.74) is -0.397. The van der Waals surface area contributed by atoms with E-state index in [1.54, 1.807) is 4.90 Å². The number of hydrogen-bond donors (Lipinski definition) is 2. The summed E-state index contributed by atoms with van der Waals surface area (Å²) in [7, 11) is -1.92. The molecule has 1 aromatic carbocycles. The second-order valence-electron chi connectivity index (χ2n) is 4.37. The molecule has 104 valence electrons. The molecule has 0 spiro atoms. The lowest BCUT2D eigenvalue weighted by Crippen LogP contribution is -2.37. The fourth-order valence-corrected chi connectivity index (χ4v) is 1.94. The molecule has 0 saturated carbocycles. The maximum Gasteiger partial charge on any atom is 0.491 e. The molecule has 19 heavy (non-hydrogen) atoms. The second kappa shape index (κ2) is 7.26. The molecular weight excluding hydrogens is 248 g/mol. The van der Waals surface area contributed by atoms with E-state index in [0.717, 1.165) is 12.8 Å². The number of carbonyl (C=O) groups is 1. The van der Waals surface area contributed by atoms with Gasteiger partial charge in [0.05, 0.1) is 5.56 Å². The lowest BCUT2D eigenvalue weighted by molar-refractivity contribution is 0.0751. The first kappa shape index (κ1) is 15.7. The van der Waals surface area contributed by atoms with Gasteiger partial charge in [0.2, 0.25) is 0 Å². The zero-order valence-electron chi connectivity index (χ0n) is 11.3. The number of hydrogen-bond acceptors (Lipinski definition) is 3. The van der Waals surface area contributed by atoms with Crippen LogP contribution in [0.5, 0.6) is 0 Å². The molecule has 0 radical (unpaired) electrons. The van der Waals surface area contributed by atoms with Gasteiger partial charge in [0.1, 0.15) is 5.82 Å². The van der Waals surface area contributed by atoms with Gasteiger partial charge >= 0.3 is 7.12 Å². The monoisotopic (exact) mass is 267 g/mol. The van der Waals surface area contributed by atoms with Gasteiger partial charge in [-0.3, -0.25) is 4.79 Å². The van der Waals surface area contributed by atoms with Gasteiger partial charge in [0.25, 0.3) is 5.91 Å². The summed E-state index contributed by atoms with van der Waals surface area (Å²) >= 11 is 0. The first-order valence-electron chi connectivity index (χ1n) is 6.46. The number of halogens is 1. The lowest BCUT2D eigenvalue weighted by atomic mass is 9.79. The topological polar surface area (TPSA) is 60.8 Å². The zero-order valence-corrected chi connectivity index (χ0v) is 11.3. The first-order chi connectivity index (χ1) is 9.02. The number of rotatable bonds is 6. The van der Waals surface area contributed by atoms with Crippen molar-refractivity contribution in [3.8, 4) is 0 Å². The van der Waals surface area contributed by atoms with E-state index in [1.165, 1.54) is 18.2 Å². The van der Waals surface area contributed by atoms with E-state index in [9.17, 15) is 9.18 Å². The van der Waals surface area contributed by atoms with Crippen LogP contribution in [0.2, 0.25) is 0 Å². The van der Waals surface area contributed by atoms with Crippen molar-refractivity contribution in [3.05, 3.63) is 29.6 Å². The van der Waals surface area contributed by atoms with Crippen LogP contribution in [0.15, 0.2) is 18.2 Å². The largest absolute Gasteiger partial charge is 0.491 e. The summed E-state index contributed by atoms with van der Waals surface area (Å²) in [4.78, 5) is 13.8. The van der Waals surface area contributed by atoms with Crippen LogP contribution in [0, 0.1) is 5.82 Å². The Bertz CT molecular complexity index is 434. The van der Waals surface area contributed by atoms with Crippen molar-refractivity contribution in [3.63, 3.8) is 0 Å². The molecule has 0 aliphatic heterocycles. The Morgan fingerprint density at radius 2 is 1.84 bits per heavy atom. The van der Waals surface area contributed by atoms with Gasteiger partial charge in [0.15, 0.2) is 0 Å². The van der Waals surface area contributed by atoms with Crippen LogP contribution in [0.3, 0.4) is 0 Å². The highest BCUT2D eigenvalue weighted by atomic mass is 19.1. The summed E-state index contributed by atoms with van der Waals surface area (Å²) in [5.74, 6) is -1.27. The highest BCUT2D eigenvalue weighted by molar-refractivity contribution is 6.58. The van der Waals surface area contributed by atoms with Crippen LogP contribution in [0.4, 0.5) is 4.39 Å². The van der Waals surface area contributed by atoms with Crippen molar-refractivity contribution >= 4 is 18.5 Å². The molecule has 0 heterocycles. The molecule has 0 fully saturated rings. The third-order valence-corrected chi connectivity index (χ3v) is 2.81. The van der Waals surface area contributed by atoms with Crippen molar-refractivity contribution < 1.29 is 19.2 Å². The van der Waals surface area contributed by atoms with Crippen LogP contribution < -0.4 is 5.46 Å². The molecule has 0 aliphatic rings. The molecule has 0 bridgehead atoms. The third kappa shape index (κ3) is 3.78. The number of amides is 1. The summed E-state index contributed by atoms with van der Waals surface area (Å²) in [6.07, 6.45) is 1.57. The van der Waals surface area contributed by atoms with Crippen molar-refractivity contribution in [2.75, 3.05) is 13.1 Å². The van der Waals surface area contributed by atoms with Gasteiger partial charge in [-0.1, -0.05) is 26.0 Å². The standard InChI is InChI=1S/C13H19BFNO3/c1-3-8-16(9-4-2)13(17)10-6-5-7-11(12(10)15)14(18)19/h5-7,18-19H,3-4,8-9H2,1-2H3. The maximum absolute atomic E-state index is 14.0. The van der Waals surface area contributed by atoms with Gasteiger partial charge < -0.3 is 14.9 Å². The minimum Gasteiger partial charge on any atom is -0.423 e. The van der Waals surface area contributed by atoms with Crippen LogP contribution in [-0.4, -0.2) is 41.1 Å². The van der Waals surface area contributed by atoms with Gasteiger partial charge in [-0.25, -0.2) is 4.39 Å². The van der Waals surface area contributed by atoms with Crippen LogP contribution in [-0.2, 0) is 0 Å². The van der Waals surface area contributed by atoms with Gasteiger partial charge in [-0.2, -0.15) is 0 Å². The highest BCUT2D eigenvalue weighted by Crippen LogP contribution is 2.10. The maximum atomic E-state index is 14.0. The van der Waals surface area contributed by atoms with Crippen molar-refractivity contribution in [2.24, 2.45) is 0 Å². The molecule has 0 saturated heterocycles. The Hall–Kier alpha value is -1.40. The van der Waals surface area contributed by atoms with Crippen molar-refractivity contribution in [1.82, 2.24) is 4.90 Å². The summed E-state index contributed by atoms with van der Waals surface area (Å²) in [5, 5.41) is 18.1. The normalized spacial score (nSPS) is 10.4. The molecule has 4 nitrogen and oxygen atoms in total. The van der Waals surface area contributed by atoms with E-state index in [0.29, 0.717) is 13.1 Å². The van der Waals surface area contributed by atoms with Crippen LogP contribution in [0.1, 0.15) is 37.0 Å². The van der Waals surface area contributed by atoms with Gasteiger partial charge in [-0.15, -0.1) is 0 Å². The lowest BCUT2D eigenvalue weighted by Gasteiger charge is -2.22. The predicted molar refractivity (Wildman–Crippen MR) is 72.7 cm³/mol. The van der Waals surface area contributed by atoms with Gasteiger partial charge in [0, 0.05) is 18.6 Å². The van der Waals surface area contributed by atoms with Crippen molar-refractivity contribution in [2.45, 2.75) is 26.7 Å². The molecule has 1 amide bonds. The molecule has 1 aromatic rings. The first-order valence-corrected chi connectivity index (χ1v) is 6.46. The average molecular weight is 267 g/mol. The van der Waals surface area contributed by atoms with Crippen LogP contribution in [0.25, 0.3) is 0 Å². The average Bonchev–Trinajstić information content (AvgIpc) is 2.37. The second-order valence-corrected chi connectivity index (χ2v) is 4.37. The summed E-state index contributed by atoms with van der Waals surface area (Å²) < 4.78 is 14.0. The highest BCUT2D eigenvalue weighted by Gasteiger charge is 2.24. The quantitative estimate of drug-likeness (QED) is 0.748. The minimum absolute atomic E-state index is 0.118. The molecule has 0 atom stereocenters. The molecule has 0 aromatic heterocycles. The number of nitrogens with zero attached hydrogens (tertiary/aromatic N) is 1. The van der Waals surface area contributed by atoms with Gasteiger partial charge in [-0.05, 0) is 18.9 Å². The Morgan fingerprint density at radius 1 is 1.26 bits per heavy atom.